The van der Waals surface area contributed by atoms with Gasteiger partial charge in [-0.05, 0) is 62.2 Å². The molecule has 0 aromatic rings. The first-order chi connectivity index (χ1) is 13.4. The Labute approximate surface area is 173 Å². The van der Waals surface area contributed by atoms with Gasteiger partial charge in [-0.1, -0.05) is 52.4 Å². The molecule has 3 saturated carbocycles. The van der Waals surface area contributed by atoms with Crippen LogP contribution in [0.3, 0.4) is 0 Å². The van der Waals surface area contributed by atoms with Crippen molar-refractivity contribution in [1.29, 1.82) is 0 Å². The Morgan fingerprint density at radius 3 is 1.75 bits per heavy atom. The maximum Gasteiger partial charge on any atom is 0.0944 e. The first-order valence-electron chi connectivity index (χ1n) is 12.6. The van der Waals surface area contributed by atoms with E-state index in [-0.39, 0.29) is 0 Å². The van der Waals surface area contributed by atoms with Gasteiger partial charge in [-0.25, -0.2) is 0 Å². The van der Waals surface area contributed by atoms with Crippen LogP contribution >= 0.6 is 14.3 Å². The molecule has 0 radical (unpaired) electrons. The van der Waals surface area contributed by atoms with Crippen LogP contribution in [-0.4, -0.2) is 35.0 Å². The highest BCUT2D eigenvalue weighted by Gasteiger charge is 2.65. The van der Waals surface area contributed by atoms with Crippen molar-refractivity contribution in [3.8, 4) is 0 Å². The molecule has 160 valence electrons. The lowest BCUT2D eigenvalue weighted by molar-refractivity contribution is 0.167. The van der Waals surface area contributed by atoms with Crippen molar-refractivity contribution in [3.05, 3.63) is 0 Å². The molecular weight excluding hydrogens is 382 g/mol. The molecule has 2 nitrogen and oxygen atoms in total. The number of hydrogen-bond donors (Lipinski definition) is 0. The fourth-order valence-electron chi connectivity index (χ4n) is 9.08. The molecule has 6 aliphatic rings. The Bertz CT molecular complexity index is 674. The average molecular weight is 425 g/mol. The molecule has 0 aromatic heterocycles. The van der Waals surface area contributed by atoms with Gasteiger partial charge in [0.2, 0.25) is 0 Å². The summed E-state index contributed by atoms with van der Waals surface area (Å²) in [5.41, 5.74) is 1.91. The highest BCUT2D eigenvalue weighted by Crippen LogP contribution is 2.79. The van der Waals surface area contributed by atoms with Crippen molar-refractivity contribution in [2.75, 3.05) is 12.3 Å². The lowest BCUT2D eigenvalue weighted by atomic mass is 9.72. The van der Waals surface area contributed by atoms with Crippen LogP contribution in [0.4, 0.5) is 0 Å². The van der Waals surface area contributed by atoms with Crippen LogP contribution in [0.1, 0.15) is 90.9 Å². The van der Waals surface area contributed by atoms with Crippen LogP contribution in [0.5, 0.6) is 0 Å². The quantitative estimate of drug-likeness (QED) is 0.432. The molecule has 3 heterocycles. The predicted molar refractivity (Wildman–Crippen MR) is 121 cm³/mol. The summed E-state index contributed by atoms with van der Waals surface area (Å²) in [4.78, 5) is 0. The summed E-state index contributed by atoms with van der Waals surface area (Å²) in [6, 6.07) is 0. The average Bonchev–Trinajstić information content (AvgIpc) is 2.68. The van der Waals surface area contributed by atoms with Gasteiger partial charge in [-0.15, -0.1) is 0 Å². The van der Waals surface area contributed by atoms with E-state index in [1.807, 2.05) is 0 Å². The van der Waals surface area contributed by atoms with Crippen LogP contribution in [0, 0.1) is 23.7 Å². The summed E-state index contributed by atoms with van der Waals surface area (Å²) in [5.74, 6) is 2.25. The van der Waals surface area contributed by atoms with Gasteiger partial charge in [0.05, 0.1) is 14.3 Å². The van der Waals surface area contributed by atoms with E-state index in [9.17, 15) is 9.13 Å². The Balaban J connectivity index is 1.51. The minimum atomic E-state index is -2.16. The van der Waals surface area contributed by atoms with Crippen molar-refractivity contribution in [2.45, 2.75) is 114 Å². The fourth-order valence-corrected chi connectivity index (χ4v) is 20.0. The molecule has 6 rings (SSSR count). The summed E-state index contributed by atoms with van der Waals surface area (Å²) in [7, 11) is -4.30. The van der Waals surface area contributed by atoms with E-state index in [0.717, 1.165) is 12.3 Å². The molecule has 2 bridgehead atoms. The minimum absolute atomic E-state index is 0.422. The minimum Gasteiger partial charge on any atom is -0.323 e. The first kappa shape index (κ1) is 20.4. The predicted octanol–water partition coefficient (Wildman–Crippen LogP) is 7.44. The van der Waals surface area contributed by atoms with Gasteiger partial charge >= 0.3 is 0 Å². The molecule has 6 fully saturated rings. The monoisotopic (exact) mass is 424 g/mol. The summed E-state index contributed by atoms with van der Waals surface area (Å²) < 4.78 is 29.4. The third-order valence-electron chi connectivity index (χ3n) is 9.80. The van der Waals surface area contributed by atoms with Crippen LogP contribution in [-0.2, 0) is 9.13 Å². The Morgan fingerprint density at radius 1 is 0.643 bits per heavy atom. The molecule has 3 aliphatic carbocycles. The van der Waals surface area contributed by atoms with Crippen molar-refractivity contribution in [1.82, 2.24) is 0 Å². The smallest absolute Gasteiger partial charge is 0.0944 e. The molecule has 0 spiro atoms. The maximum atomic E-state index is 14.8. The van der Waals surface area contributed by atoms with E-state index in [4.69, 9.17) is 0 Å². The molecule has 0 amide bonds. The van der Waals surface area contributed by atoms with Gasteiger partial charge in [0.15, 0.2) is 0 Å². The third kappa shape index (κ3) is 3.09. The standard InChI is InChI=1S/C24H42O2P2/c1-17-13-22-23-18(2)14-19(16-28(23,26)21-11-7-4-8-12-21)24(22)27(25,15-17)20-9-5-3-6-10-20/h17-24H,3-16H2,1-2H3/t17?,18?,19-,22?,23-,24?,27?,28?/m0/s1. The van der Waals surface area contributed by atoms with Crippen LogP contribution in [0.15, 0.2) is 0 Å². The molecule has 3 aliphatic heterocycles. The second-order valence-corrected chi connectivity index (χ2v) is 18.4. The van der Waals surface area contributed by atoms with Crippen LogP contribution in [0.25, 0.3) is 0 Å². The summed E-state index contributed by atoms with van der Waals surface area (Å²) >= 11 is 0. The van der Waals surface area contributed by atoms with Gasteiger partial charge in [0, 0.05) is 35.0 Å². The Kier molecular flexibility index (Phi) is 5.49. The van der Waals surface area contributed by atoms with E-state index in [0.29, 0.717) is 46.3 Å². The largest absolute Gasteiger partial charge is 0.323 e. The van der Waals surface area contributed by atoms with E-state index in [2.05, 4.69) is 13.8 Å². The molecular formula is C24H42O2P2. The van der Waals surface area contributed by atoms with E-state index < -0.39 is 14.3 Å². The highest BCUT2D eigenvalue weighted by atomic mass is 31.2. The van der Waals surface area contributed by atoms with E-state index in [1.165, 1.54) is 77.0 Å². The number of hydrogen-bond acceptors (Lipinski definition) is 2. The fraction of sp³-hybridized carbons (Fsp3) is 1.00. The molecule has 6 unspecified atom stereocenters. The van der Waals surface area contributed by atoms with Gasteiger partial charge in [-0.2, -0.15) is 0 Å². The molecule has 3 saturated heterocycles. The molecule has 28 heavy (non-hydrogen) atoms. The normalized spacial score (nSPS) is 53.1. The van der Waals surface area contributed by atoms with Gasteiger partial charge in [0.1, 0.15) is 0 Å². The zero-order chi connectivity index (χ0) is 19.5. The number of rotatable bonds is 2. The van der Waals surface area contributed by atoms with Crippen molar-refractivity contribution >= 4 is 14.3 Å². The molecule has 4 heteroatoms. The van der Waals surface area contributed by atoms with Gasteiger partial charge in [-0.3, -0.25) is 0 Å². The third-order valence-corrected chi connectivity index (χ3v) is 19.3. The molecule has 0 N–H and O–H groups in total. The van der Waals surface area contributed by atoms with Crippen molar-refractivity contribution in [3.63, 3.8) is 0 Å². The lowest BCUT2D eigenvalue weighted by Crippen LogP contribution is -2.57. The Hall–Kier alpha value is 0.460. The van der Waals surface area contributed by atoms with E-state index in [1.54, 1.807) is 0 Å². The summed E-state index contributed by atoms with van der Waals surface area (Å²) in [6.07, 6.45) is 17.2. The molecule has 8 atom stereocenters. The SMILES string of the molecule is CC1CC2C([C@H]3CC(C)[C@@H]2P(=O)(C2CCCCC2)C3)P(=O)(C2CCCCC2)C1. The van der Waals surface area contributed by atoms with Crippen LogP contribution < -0.4 is 0 Å². The van der Waals surface area contributed by atoms with Gasteiger partial charge < -0.3 is 9.13 Å². The summed E-state index contributed by atoms with van der Waals surface area (Å²) in [5, 5.41) is 0. The van der Waals surface area contributed by atoms with Gasteiger partial charge in [0.25, 0.3) is 0 Å². The van der Waals surface area contributed by atoms with E-state index >= 15 is 0 Å². The first-order valence-corrected chi connectivity index (χ1v) is 16.7. The topological polar surface area (TPSA) is 34.1 Å². The van der Waals surface area contributed by atoms with Crippen molar-refractivity contribution < 1.29 is 9.13 Å². The number of fused-ring (bicyclic) bond motifs is 2. The van der Waals surface area contributed by atoms with Crippen molar-refractivity contribution in [2.24, 2.45) is 23.7 Å². The molecule has 0 aromatic carbocycles. The highest BCUT2D eigenvalue weighted by molar-refractivity contribution is 7.67. The Morgan fingerprint density at radius 2 is 1.18 bits per heavy atom. The van der Waals surface area contributed by atoms with Crippen LogP contribution in [0.2, 0.25) is 0 Å². The second-order valence-electron chi connectivity index (χ2n) is 11.6. The zero-order valence-corrected chi connectivity index (χ0v) is 20.0. The zero-order valence-electron chi connectivity index (χ0n) is 18.2. The second kappa shape index (κ2) is 7.55. The maximum absolute atomic E-state index is 14.8. The lowest BCUT2D eigenvalue weighted by Gasteiger charge is -2.62. The summed E-state index contributed by atoms with van der Waals surface area (Å²) in [6.45, 7) is 4.78.